The number of benzene rings is 1. The van der Waals surface area contributed by atoms with Crippen LogP contribution >= 0.6 is 0 Å². The molecule has 1 fully saturated rings. The van der Waals surface area contributed by atoms with Gasteiger partial charge in [-0.1, -0.05) is 30.3 Å². The van der Waals surface area contributed by atoms with E-state index in [1.54, 1.807) is 17.0 Å². The van der Waals surface area contributed by atoms with Crippen LogP contribution in [0.1, 0.15) is 37.3 Å². The number of pyridine rings is 1. The molecule has 1 aliphatic rings. The average Bonchev–Trinajstić information content (AvgIpc) is 3.53. The minimum Gasteiger partial charge on any atom is -0.354 e. The van der Waals surface area contributed by atoms with Gasteiger partial charge in [0, 0.05) is 37.0 Å². The Morgan fingerprint density at radius 2 is 1.97 bits per heavy atom. The first-order valence-electron chi connectivity index (χ1n) is 10.1. The van der Waals surface area contributed by atoms with Crippen LogP contribution in [0.4, 0.5) is 0 Å². The molecule has 0 saturated heterocycles. The largest absolute Gasteiger partial charge is 0.354 e. The summed E-state index contributed by atoms with van der Waals surface area (Å²) in [7, 11) is 0. The lowest BCUT2D eigenvalue weighted by molar-refractivity contribution is -0.121. The van der Waals surface area contributed by atoms with Crippen molar-refractivity contribution in [2.75, 3.05) is 6.54 Å². The summed E-state index contributed by atoms with van der Waals surface area (Å²) in [5, 5.41) is 7.41. The molecule has 7 heteroatoms. The number of hydrogen-bond donors (Lipinski definition) is 1. The fraction of sp³-hybridized carbons (Fsp3) is 0.364. The molecule has 0 unspecified atom stereocenters. The fourth-order valence-corrected chi connectivity index (χ4v) is 3.41. The number of nitrogens with zero attached hydrogens (tertiary/aromatic N) is 4. The Morgan fingerprint density at radius 1 is 1.14 bits per heavy atom. The third-order valence-electron chi connectivity index (χ3n) is 5.06. The maximum absolute atomic E-state index is 12.8. The maximum atomic E-state index is 12.8. The van der Waals surface area contributed by atoms with E-state index in [1.807, 2.05) is 30.3 Å². The van der Waals surface area contributed by atoms with Gasteiger partial charge in [0.1, 0.15) is 0 Å². The SMILES string of the molecule is O=C(CCCc1ccccc1)NCCn1nc(-c2cccnc2)n(C2CC2)c1=O. The van der Waals surface area contributed by atoms with Crippen LogP contribution in [0.15, 0.2) is 59.7 Å². The summed E-state index contributed by atoms with van der Waals surface area (Å²) in [6.45, 7) is 0.745. The van der Waals surface area contributed by atoms with Crippen molar-refractivity contribution in [3.05, 3.63) is 70.9 Å². The zero-order valence-corrected chi connectivity index (χ0v) is 16.3. The highest BCUT2D eigenvalue weighted by Crippen LogP contribution is 2.36. The molecule has 7 nitrogen and oxygen atoms in total. The van der Waals surface area contributed by atoms with Crippen LogP contribution in [0.5, 0.6) is 0 Å². The van der Waals surface area contributed by atoms with E-state index in [0.717, 1.165) is 31.2 Å². The van der Waals surface area contributed by atoms with Crippen molar-refractivity contribution in [3.63, 3.8) is 0 Å². The van der Waals surface area contributed by atoms with Crippen LogP contribution in [-0.4, -0.2) is 31.8 Å². The van der Waals surface area contributed by atoms with Gasteiger partial charge in [0.15, 0.2) is 5.82 Å². The molecule has 1 amide bonds. The Bertz CT molecular complexity index is 1010. The van der Waals surface area contributed by atoms with Gasteiger partial charge in [-0.05, 0) is 43.4 Å². The first-order chi connectivity index (χ1) is 14.2. The van der Waals surface area contributed by atoms with Crippen LogP contribution in [0.25, 0.3) is 11.4 Å². The van der Waals surface area contributed by atoms with Gasteiger partial charge in [-0.15, -0.1) is 5.10 Å². The monoisotopic (exact) mass is 391 g/mol. The molecule has 1 aromatic carbocycles. The Balaban J connectivity index is 1.32. The molecular formula is C22H25N5O2. The van der Waals surface area contributed by atoms with Crippen molar-refractivity contribution in [1.29, 1.82) is 0 Å². The zero-order chi connectivity index (χ0) is 20.1. The van der Waals surface area contributed by atoms with E-state index in [4.69, 9.17) is 0 Å². The quantitative estimate of drug-likeness (QED) is 0.608. The van der Waals surface area contributed by atoms with Gasteiger partial charge in [-0.2, -0.15) is 0 Å². The second-order valence-electron chi connectivity index (χ2n) is 7.36. The topological polar surface area (TPSA) is 81.8 Å². The summed E-state index contributed by atoms with van der Waals surface area (Å²) in [5.74, 6) is 0.655. The molecule has 0 radical (unpaired) electrons. The number of aryl methyl sites for hydroxylation is 1. The highest BCUT2D eigenvalue weighted by Gasteiger charge is 2.30. The highest BCUT2D eigenvalue weighted by atomic mass is 16.2. The van der Waals surface area contributed by atoms with E-state index in [1.165, 1.54) is 10.2 Å². The molecule has 1 aliphatic carbocycles. The number of nitrogens with one attached hydrogen (secondary N) is 1. The molecule has 4 rings (SSSR count). The second-order valence-corrected chi connectivity index (χ2v) is 7.36. The first kappa shape index (κ1) is 19.1. The third-order valence-corrected chi connectivity index (χ3v) is 5.06. The average molecular weight is 391 g/mol. The van der Waals surface area contributed by atoms with Gasteiger partial charge in [0.2, 0.25) is 5.91 Å². The molecule has 0 atom stereocenters. The number of rotatable bonds is 9. The number of aromatic nitrogens is 4. The normalized spacial score (nSPS) is 13.4. The second kappa shape index (κ2) is 8.86. The van der Waals surface area contributed by atoms with Crippen LogP contribution in [0.3, 0.4) is 0 Å². The molecule has 0 spiro atoms. The van der Waals surface area contributed by atoms with Crippen molar-refractivity contribution in [2.45, 2.75) is 44.7 Å². The van der Waals surface area contributed by atoms with Crippen molar-refractivity contribution < 1.29 is 4.79 Å². The van der Waals surface area contributed by atoms with E-state index < -0.39 is 0 Å². The number of hydrogen-bond acceptors (Lipinski definition) is 4. The van der Waals surface area contributed by atoms with Crippen LogP contribution in [0, 0.1) is 0 Å². The smallest absolute Gasteiger partial charge is 0.346 e. The van der Waals surface area contributed by atoms with Crippen molar-refractivity contribution in [1.82, 2.24) is 24.6 Å². The Labute approximate surface area is 169 Å². The molecule has 1 N–H and O–H groups in total. The number of amides is 1. The Hall–Kier alpha value is -3.22. The molecule has 1 saturated carbocycles. The highest BCUT2D eigenvalue weighted by molar-refractivity contribution is 5.75. The van der Waals surface area contributed by atoms with Crippen LogP contribution < -0.4 is 11.0 Å². The minimum atomic E-state index is -0.121. The summed E-state index contributed by atoms with van der Waals surface area (Å²) >= 11 is 0. The molecule has 150 valence electrons. The van der Waals surface area contributed by atoms with Crippen molar-refractivity contribution in [3.8, 4) is 11.4 Å². The maximum Gasteiger partial charge on any atom is 0.346 e. The lowest BCUT2D eigenvalue weighted by Crippen LogP contribution is -2.32. The van der Waals surface area contributed by atoms with Gasteiger partial charge in [-0.25, -0.2) is 9.48 Å². The molecule has 3 aromatic rings. The van der Waals surface area contributed by atoms with Crippen LogP contribution in [-0.2, 0) is 17.8 Å². The number of carbonyl (C=O) groups is 1. The lowest BCUT2D eigenvalue weighted by Gasteiger charge is -2.05. The molecule has 0 aliphatic heterocycles. The Morgan fingerprint density at radius 3 is 2.69 bits per heavy atom. The standard InChI is InChI=1S/C22H25N5O2/c28-20(10-4-8-17-6-2-1-3-7-17)24-14-15-26-22(29)27(19-11-12-19)21(25-26)18-9-5-13-23-16-18/h1-3,5-7,9,13,16,19H,4,8,10-12,14-15H2,(H,24,28). The predicted octanol–water partition coefficient (Wildman–Crippen LogP) is 2.58. The molecule has 2 heterocycles. The van der Waals surface area contributed by atoms with Crippen molar-refractivity contribution >= 4 is 5.91 Å². The predicted molar refractivity (Wildman–Crippen MR) is 110 cm³/mol. The summed E-state index contributed by atoms with van der Waals surface area (Å²) in [6.07, 6.45) is 7.58. The van der Waals surface area contributed by atoms with Gasteiger partial charge in [0.05, 0.1) is 6.54 Å². The van der Waals surface area contributed by atoms with E-state index >= 15 is 0 Å². The Kier molecular flexibility index (Phi) is 5.84. The van der Waals surface area contributed by atoms with Crippen molar-refractivity contribution in [2.24, 2.45) is 0 Å². The van der Waals surface area contributed by atoms with Gasteiger partial charge < -0.3 is 5.32 Å². The third kappa shape index (κ3) is 4.80. The van der Waals surface area contributed by atoms with Gasteiger partial charge in [-0.3, -0.25) is 14.3 Å². The van der Waals surface area contributed by atoms with E-state index in [2.05, 4.69) is 27.5 Å². The molecular weight excluding hydrogens is 366 g/mol. The van der Waals surface area contributed by atoms with Gasteiger partial charge >= 0.3 is 5.69 Å². The summed E-state index contributed by atoms with van der Waals surface area (Å²) in [6, 6.07) is 14.1. The summed E-state index contributed by atoms with van der Waals surface area (Å²) < 4.78 is 3.21. The molecule has 29 heavy (non-hydrogen) atoms. The molecule has 2 aromatic heterocycles. The minimum absolute atomic E-state index is 0.00286. The van der Waals surface area contributed by atoms with E-state index in [9.17, 15) is 9.59 Å². The fourth-order valence-electron chi connectivity index (χ4n) is 3.41. The van der Waals surface area contributed by atoms with Gasteiger partial charge in [0.25, 0.3) is 0 Å². The lowest BCUT2D eigenvalue weighted by atomic mass is 10.1. The van der Waals surface area contributed by atoms with Crippen LogP contribution in [0.2, 0.25) is 0 Å². The van der Waals surface area contributed by atoms with E-state index in [-0.39, 0.29) is 17.6 Å². The molecule has 0 bridgehead atoms. The zero-order valence-electron chi connectivity index (χ0n) is 16.3. The summed E-state index contributed by atoms with van der Waals surface area (Å²) in [5.41, 5.74) is 1.95. The van der Waals surface area contributed by atoms with E-state index in [0.29, 0.717) is 25.3 Å². The first-order valence-corrected chi connectivity index (χ1v) is 10.1. The summed E-state index contributed by atoms with van der Waals surface area (Å²) in [4.78, 5) is 29.0. The number of carbonyl (C=O) groups excluding carboxylic acids is 1.